The van der Waals surface area contributed by atoms with Gasteiger partial charge in [-0.1, -0.05) is 0 Å². The van der Waals surface area contributed by atoms with Crippen LogP contribution in [0.25, 0.3) is 0 Å². The van der Waals surface area contributed by atoms with E-state index in [4.69, 9.17) is 0 Å². The standard InChI is InChI=1S/C23H32N6O2/c1-27-18-6-7-20-19(15-18)22(26-28(20)2)23(31)25-10-4-14-29(13-3-5-21(27)30)16-17-8-11-24-12-9-17/h8-9,11-12,18H,3-7,10,13-16H2,1-2H3,(H,25,31). The zero-order chi connectivity index (χ0) is 21.8. The molecule has 0 saturated carbocycles. The van der Waals surface area contributed by atoms with Crippen molar-refractivity contribution >= 4 is 11.8 Å². The molecular formula is C23H32N6O2. The van der Waals surface area contributed by atoms with E-state index in [2.05, 4.69) is 20.3 Å². The van der Waals surface area contributed by atoms with Gasteiger partial charge in [-0.05, 0) is 56.3 Å². The summed E-state index contributed by atoms with van der Waals surface area (Å²) in [4.78, 5) is 34.1. The molecule has 2 bridgehead atoms. The van der Waals surface area contributed by atoms with Crippen molar-refractivity contribution < 1.29 is 9.59 Å². The fraction of sp³-hybridized carbons (Fsp3) is 0.565. The van der Waals surface area contributed by atoms with E-state index in [0.717, 1.165) is 56.6 Å². The van der Waals surface area contributed by atoms with Gasteiger partial charge in [-0.3, -0.25) is 24.2 Å². The Hall–Kier alpha value is -2.74. The SMILES string of the molecule is CN1C(=O)CCCN(Cc2ccncc2)CCCNC(=O)c2nn(C)c3c2CC1CC3. The normalized spacial score (nSPS) is 21.4. The van der Waals surface area contributed by atoms with Gasteiger partial charge >= 0.3 is 0 Å². The number of carbonyl (C=O) groups excluding carboxylic acids is 2. The zero-order valence-electron chi connectivity index (χ0n) is 18.5. The lowest BCUT2D eigenvalue weighted by Gasteiger charge is -2.32. The van der Waals surface area contributed by atoms with Crippen LogP contribution in [0.5, 0.6) is 0 Å². The third-order valence-corrected chi connectivity index (χ3v) is 6.54. The van der Waals surface area contributed by atoms with E-state index in [9.17, 15) is 9.59 Å². The number of aryl methyl sites for hydroxylation is 1. The molecule has 0 fully saturated rings. The number of fused-ring (bicyclic) bond motifs is 1. The summed E-state index contributed by atoms with van der Waals surface area (Å²) < 4.78 is 1.84. The maximum Gasteiger partial charge on any atom is 0.272 e. The average molecular weight is 425 g/mol. The van der Waals surface area contributed by atoms with Gasteiger partial charge in [-0.25, -0.2) is 0 Å². The second-order valence-corrected chi connectivity index (χ2v) is 8.64. The number of pyridine rings is 1. The highest BCUT2D eigenvalue weighted by atomic mass is 16.2. The first-order chi connectivity index (χ1) is 15.0. The largest absolute Gasteiger partial charge is 0.351 e. The van der Waals surface area contributed by atoms with Gasteiger partial charge in [0, 0.05) is 69.8 Å². The smallest absolute Gasteiger partial charge is 0.272 e. The summed E-state index contributed by atoms with van der Waals surface area (Å²) >= 11 is 0. The molecule has 0 saturated heterocycles. The average Bonchev–Trinajstić information content (AvgIpc) is 3.11. The molecule has 3 heterocycles. The molecule has 2 aromatic rings. The quantitative estimate of drug-likeness (QED) is 0.791. The van der Waals surface area contributed by atoms with Crippen LogP contribution in [-0.4, -0.2) is 69.1 Å². The topological polar surface area (TPSA) is 83.4 Å². The van der Waals surface area contributed by atoms with Crippen molar-refractivity contribution in [3.63, 3.8) is 0 Å². The highest BCUT2D eigenvalue weighted by molar-refractivity contribution is 5.94. The van der Waals surface area contributed by atoms with Gasteiger partial charge in [0.15, 0.2) is 5.69 Å². The number of nitrogens with one attached hydrogen (secondary N) is 1. The molecule has 0 aromatic carbocycles. The molecule has 1 unspecified atom stereocenters. The molecule has 1 aliphatic heterocycles. The lowest BCUT2D eigenvalue weighted by atomic mass is 9.90. The molecule has 1 atom stereocenters. The summed E-state index contributed by atoms with van der Waals surface area (Å²) in [5, 5.41) is 7.58. The van der Waals surface area contributed by atoms with Crippen molar-refractivity contribution in [3.8, 4) is 0 Å². The maximum absolute atomic E-state index is 12.9. The second-order valence-electron chi connectivity index (χ2n) is 8.64. The highest BCUT2D eigenvalue weighted by Gasteiger charge is 2.31. The third-order valence-electron chi connectivity index (χ3n) is 6.54. The number of aromatic nitrogens is 3. The van der Waals surface area contributed by atoms with Crippen molar-refractivity contribution in [3.05, 3.63) is 47.0 Å². The van der Waals surface area contributed by atoms with Crippen LogP contribution >= 0.6 is 0 Å². The predicted octanol–water partition coefficient (Wildman–Crippen LogP) is 1.55. The summed E-state index contributed by atoms with van der Waals surface area (Å²) in [6, 6.07) is 4.17. The number of amides is 2. The maximum atomic E-state index is 12.9. The molecule has 2 amide bonds. The number of carbonyl (C=O) groups is 2. The van der Waals surface area contributed by atoms with Gasteiger partial charge in [0.05, 0.1) is 0 Å². The molecule has 0 spiro atoms. The van der Waals surface area contributed by atoms with Crippen molar-refractivity contribution in [1.29, 1.82) is 0 Å². The fourth-order valence-corrected chi connectivity index (χ4v) is 4.72. The van der Waals surface area contributed by atoms with E-state index in [0.29, 0.717) is 25.1 Å². The number of hydrogen-bond donors (Lipinski definition) is 1. The Morgan fingerprint density at radius 2 is 1.87 bits per heavy atom. The van der Waals surface area contributed by atoms with Crippen LogP contribution < -0.4 is 5.32 Å². The summed E-state index contributed by atoms with van der Waals surface area (Å²) in [6.07, 6.45) is 8.29. The van der Waals surface area contributed by atoms with E-state index >= 15 is 0 Å². The molecule has 0 radical (unpaired) electrons. The van der Waals surface area contributed by atoms with Crippen LogP contribution in [0.2, 0.25) is 0 Å². The van der Waals surface area contributed by atoms with Gasteiger partial charge in [-0.15, -0.1) is 0 Å². The second kappa shape index (κ2) is 9.60. The monoisotopic (exact) mass is 424 g/mol. The Balaban J connectivity index is 1.51. The van der Waals surface area contributed by atoms with Crippen LogP contribution in [0.15, 0.2) is 24.5 Å². The fourth-order valence-electron chi connectivity index (χ4n) is 4.72. The summed E-state index contributed by atoms with van der Waals surface area (Å²) in [5.41, 5.74) is 3.85. The molecule has 4 rings (SSSR count). The number of likely N-dealkylation sites (N-methyl/N-ethyl adjacent to an activating group) is 1. The Bertz CT molecular complexity index is 926. The zero-order valence-corrected chi connectivity index (χ0v) is 18.5. The van der Waals surface area contributed by atoms with Gasteiger partial charge in [-0.2, -0.15) is 5.10 Å². The van der Waals surface area contributed by atoms with Crippen molar-refractivity contribution in [2.45, 2.75) is 51.1 Å². The minimum absolute atomic E-state index is 0.109. The molecule has 1 aliphatic carbocycles. The van der Waals surface area contributed by atoms with E-state index in [-0.39, 0.29) is 17.9 Å². The van der Waals surface area contributed by atoms with E-state index < -0.39 is 0 Å². The number of hydrogen-bond acceptors (Lipinski definition) is 5. The summed E-state index contributed by atoms with van der Waals surface area (Å²) in [7, 11) is 3.81. The lowest BCUT2D eigenvalue weighted by molar-refractivity contribution is -0.132. The molecule has 2 aliphatic rings. The Morgan fingerprint density at radius 1 is 1.10 bits per heavy atom. The first-order valence-corrected chi connectivity index (χ1v) is 11.2. The van der Waals surface area contributed by atoms with Crippen molar-refractivity contribution in [2.75, 3.05) is 26.7 Å². The molecular weight excluding hydrogens is 392 g/mol. The van der Waals surface area contributed by atoms with Crippen LogP contribution in [0.4, 0.5) is 0 Å². The Labute approximate surface area is 183 Å². The first-order valence-electron chi connectivity index (χ1n) is 11.2. The molecule has 8 nitrogen and oxygen atoms in total. The molecule has 166 valence electrons. The highest BCUT2D eigenvalue weighted by Crippen LogP contribution is 2.27. The number of nitrogens with zero attached hydrogens (tertiary/aromatic N) is 5. The summed E-state index contributed by atoms with van der Waals surface area (Å²) in [5.74, 6) is 0.0733. The number of rotatable bonds is 2. The molecule has 1 N–H and O–H groups in total. The Morgan fingerprint density at radius 3 is 2.68 bits per heavy atom. The Kier molecular flexibility index (Phi) is 6.65. The van der Waals surface area contributed by atoms with Gasteiger partial charge < -0.3 is 10.2 Å². The van der Waals surface area contributed by atoms with Crippen LogP contribution in [0.1, 0.15) is 53.0 Å². The van der Waals surface area contributed by atoms with Gasteiger partial charge in [0.25, 0.3) is 5.91 Å². The van der Waals surface area contributed by atoms with Crippen LogP contribution in [-0.2, 0) is 31.2 Å². The van der Waals surface area contributed by atoms with Crippen LogP contribution in [0.3, 0.4) is 0 Å². The van der Waals surface area contributed by atoms with Crippen LogP contribution in [0, 0.1) is 0 Å². The van der Waals surface area contributed by atoms with Crippen molar-refractivity contribution in [1.82, 2.24) is 29.9 Å². The molecule has 31 heavy (non-hydrogen) atoms. The van der Waals surface area contributed by atoms with Crippen molar-refractivity contribution in [2.24, 2.45) is 7.05 Å². The molecule has 8 heteroatoms. The molecule has 2 aromatic heterocycles. The lowest BCUT2D eigenvalue weighted by Crippen LogP contribution is -2.41. The van der Waals surface area contributed by atoms with Gasteiger partial charge in [0.1, 0.15) is 0 Å². The minimum atomic E-state index is -0.109. The van der Waals surface area contributed by atoms with Gasteiger partial charge in [0.2, 0.25) is 5.91 Å². The third kappa shape index (κ3) is 4.95. The van der Waals surface area contributed by atoms with E-state index in [1.807, 2.05) is 48.2 Å². The van der Waals surface area contributed by atoms with E-state index in [1.54, 1.807) is 0 Å². The minimum Gasteiger partial charge on any atom is -0.351 e. The van der Waals surface area contributed by atoms with E-state index in [1.165, 1.54) is 5.56 Å². The predicted molar refractivity (Wildman–Crippen MR) is 117 cm³/mol. The summed E-state index contributed by atoms with van der Waals surface area (Å²) in [6.45, 7) is 3.14. The first kappa shape index (κ1) is 21.5.